The zero-order valence-electron chi connectivity index (χ0n) is 18.7. The molecule has 3 aromatic rings. The van der Waals surface area contributed by atoms with E-state index in [2.05, 4.69) is 17.6 Å². The molecule has 1 atom stereocenters. The Labute approximate surface area is 189 Å². The predicted octanol–water partition coefficient (Wildman–Crippen LogP) is 5.19. The summed E-state index contributed by atoms with van der Waals surface area (Å²) in [7, 11) is 1.74. The van der Waals surface area contributed by atoms with E-state index >= 15 is 0 Å². The standard InChI is InChI=1S/C26H29N3O3/c1-4-19(2)32-24-16-14-21(15-17-24)27-18-25(30)28-22-12-10-20(11-13-22)26(31)29(3)23-8-6-5-7-9-23/h5-17,19,27H,4,18H2,1-3H3,(H,28,30). The van der Waals surface area contributed by atoms with E-state index in [1.807, 2.05) is 61.5 Å². The third kappa shape index (κ3) is 6.35. The molecule has 0 heterocycles. The van der Waals surface area contributed by atoms with E-state index in [9.17, 15) is 9.59 Å². The second-order valence-electron chi connectivity index (χ2n) is 7.54. The second-order valence-corrected chi connectivity index (χ2v) is 7.54. The molecule has 0 aliphatic rings. The zero-order chi connectivity index (χ0) is 22.9. The first-order valence-electron chi connectivity index (χ1n) is 10.7. The highest BCUT2D eigenvalue weighted by molar-refractivity contribution is 6.06. The molecule has 166 valence electrons. The Bertz CT molecular complexity index is 1020. The minimum Gasteiger partial charge on any atom is -0.491 e. The molecule has 1 unspecified atom stereocenters. The van der Waals surface area contributed by atoms with Gasteiger partial charge in [-0.1, -0.05) is 25.1 Å². The van der Waals surface area contributed by atoms with Gasteiger partial charge in [-0.25, -0.2) is 0 Å². The fourth-order valence-electron chi connectivity index (χ4n) is 3.01. The largest absolute Gasteiger partial charge is 0.491 e. The molecule has 0 aromatic heterocycles. The van der Waals surface area contributed by atoms with Crippen molar-refractivity contribution in [3.63, 3.8) is 0 Å². The van der Waals surface area contributed by atoms with Crippen LogP contribution in [-0.4, -0.2) is 31.5 Å². The van der Waals surface area contributed by atoms with E-state index in [0.717, 1.165) is 23.5 Å². The summed E-state index contributed by atoms with van der Waals surface area (Å²) in [6.07, 6.45) is 1.11. The summed E-state index contributed by atoms with van der Waals surface area (Å²) in [4.78, 5) is 26.5. The molecule has 32 heavy (non-hydrogen) atoms. The lowest BCUT2D eigenvalue weighted by Crippen LogP contribution is -2.26. The molecule has 0 fully saturated rings. The summed E-state index contributed by atoms with van der Waals surface area (Å²) in [5.74, 6) is 0.517. The van der Waals surface area contributed by atoms with Crippen LogP contribution in [0.5, 0.6) is 5.75 Å². The first-order chi connectivity index (χ1) is 15.5. The lowest BCUT2D eigenvalue weighted by molar-refractivity contribution is -0.114. The number of amides is 2. The molecule has 0 aliphatic heterocycles. The third-order valence-corrected chi connectivity index (χ3v) is 5.08. The van der Waals surface area contributed by atoms with Gasteiger partial charge in [-0.3, -0.25) is 9.59 Å². The Morgan fingerprint density at radius 2 is 1.53 bits per heavy atom. The van der Waals surface area contributed by atoms with Crippen LogP contribution < -0.4 is 20.3 Å². The van der Waals surface area contributed by atoms with E-state index in [0.29, 0.717) is 11.3 Å². The number of para-hydroxylation sites is 1. The maximum absolute atomic E-state index is 12.7. The molecular weight excluding hydrogens is 402 g/mol. The Morgan fingerprint density at radius 1 is 0.906 bits per heavy atom. The SMILES string of the molecule is CCC(C)Oc1ccc(NCC(=O)Nc2ccc(C(=O)N(C)c3ccccc3)cc2)cc1. The molecule has 2 amide bonds. The molecule has 0 aliphatic carbocycles. The number of ether oxygens (including phenoxy) is 1. The molecule has 3 aromatic carbocycles. The monoisotopic (exact) mass is 431 g/mol. The predicted molar refractivity (Wildman–Crippen MR) is 130 cm³/mol. The van der Waals surface area contributed by atoms with Gasteiger partial charge in [-0.05, 0) is 74.0 Å². The average molecular weight is 432 g/mol. The number of hydrogen-bond acceptors (Lipinski definition) is 4. The molecular formula is C26H29N3O3. The number of nitrogens with one attached hydrogen (secondary N) is 2. The van der Waals surface area contributed by atoms with Crippen LogP contribution in [0.15, 0.2) is 78.9 Å². The Hall–Kier alpha value is -3.80. The quantitative estimate of drug-likeness (QED) is 0.489. The minimum atomic E-state index is -0.176. The highest BCUT2D eigenvalue weighted by Crippen LogP contribution is 2.18. The molecule has 3 rings (SSSR count). The smallest absolute Gasteiger partial charge is 0.258 e. The van der Waals surface area contributed by atoms with Crippen LogP contribution in [0.4, 0.5) is 17.1 Å². The fourth-order valence-corrected chi connectivity index (χ4v) is 3.01. The van der Waals surface area contributed by atoms with Crippen LogP contribution in [0.25, 0.3) is 0 Å². The number of nitrogens with zero attached hydrogens (tertiary/aromatic N) is 1. The van der Waals surface area contributed by atoms with Gasteiger partial charge in [0.15, 0.2) is 0 Å². The summed E-state index contributed by atoms with van der Waals surface area (Å²) in [5.41, 5.74) is 2.84. The van der Waals surface area contributed by atoms with Crippen molar-refractivity contribution >= 4 is 28.9 Å². The van der Waals surface area contributed by atoms with E-state index in [4.69, 9.17) is 4.74 Å². The van der Waals surface area contributed by atoms with Crippen LogP contribution in [-0.2, 0) is 4.79 Å². The van der Waals surface area contributed by atoms with Gasteiger partial charge in [-0.2, -0.15) is 0 Å². The van der Waals surface area contributed by atoms with E-state index < -0.39 is 0 Å². The van der Waals surface area contributed by atoms with Crippen LogP contribution in [0.1, 0.15) is 30.6 Å². The van der Waals surface area contributed by atoms with Gasteiger partial charge in [0.1, 0.15) is 5.75 Å². The molecule has 0 saturated heterocycles. The average Bonchev–Trinajstić information content (AvgIpc) is 2.83. The van der Waals surface area contributed by atoms with E-state index in [1.165, 1.54) is 0 Å². The van der Waals surface area contributed by atoms with Crippen molar-refractivity contribution in [2.45, 2.75) is 26.4 Å². The van der Waals surface area contributed by atoms with E-state index in [1.54, 1.807) is 36.2 Å². The van der Waals surface area contributed by atoms with Gasteiger partial charge in [-0.15, -0.1) is 0 Å². The van der Waals surface area contributed by atoms with E-state index in [-0.39, 0.29) is 24.5 Å². The maximum atomic E-state index is 12.7. The molecule has 2 N–H and O–H groups in total. The van der Waals surface area contributed by atoms with Gasteiger partial charge in [0.05, 0.1) is 12.6 Å². The molecule has 0 saturated carbocycles. The van der Waals surface area contributed by atoms with Crippen molar-refractivity contribution in [2.24, 2.45) is 0 Å². The van der Waals surface area contributed by atoms with Gasteiger partial charge in [0, 0.05) is 29.7 Å². The van der Waals surface area contributed by atoms with Gasteiger partial charge < -0.3 is 20.3 Å². The third-order valence-electron chi connectivity index (χ3n) is 5.08. The van der Waals surface area contributed by atoms with Crippen LogP contribution in [0.2, 0.25) is 0 Å². The van der Waals surface area contributed by atoms with Crippen molar-refractivity contribution in [2.75, 3.05) is 29.1 Å². The van der Waals surface area contributed by atoms with Crippen LogP contribution >= 0.6 is 0 Å². The lowest BCUT2D eigenvalue weighted by atomic mass is 10.1. The number of carbonyl (C=O) groups is 2. The summed E-state index contributed by atoms with van der Waals surface area (Å²) in [6, 6.07) is 23.9. The molecule has 6 nitrogen and oxygen atoms in total. The van der Waals surface area contributed by atoms with Crippen LogP contribution in [0, 0.1) is 0 Å². The zero-order valence-corrected chi connectivity index (χ0v) is 18.7. The minimum absolute atomic E-state index is 0.114. The highest BCUT2D eigenvalue weighted by Gasteiger charge is 2.13. The number of benzene rings is 3. The lowest BCUT2D eigenvalue weighted by Gasteiger charge is -2.17. The van der Waals surface area contributed by atoms with Crippen molar-refractivity contribution in [3.05, 3.63) is 84.4 Å². The number of rotatable bonds is 9. The Kier molecular flexibility index (Phi) is 7.86. The molecule has 0 bridgehead atoms. The number of anilines is 3. The van der Waals surface area contributed by atoms with Gasteiger partial charge in [0.25, 0.3) is 5.91 Å². The number of carbonyl (C=O) groups excluding carboxylic acids is 2. The summed E-state index contributed by atoms with van der Waals surface area (Å²) >= 11 is 0. The van der Waals surface area contributed by atoms with Crippen molar-refractivity contribution < 1.29 is 14.3 Å². The normalized spacial score (nSPS) is 11.3. The molecule has 0 spiro atoms. The molecule has 6 heteroatoms. The maximum Gasteiger partial charge on any atom is 0.258 e. The molecule has 0 radical (unpaired) electrons. The summed E-state index contributed by atoms with van der Waals surface area (Å²) in [6.45, 7) is 4.23. The summed E-state index contributed by atoms with van der Waals surface area (Å²) < 4.78 is 5.76. The second kappa shape index (κ2) is 11.0. The fraction of sp³-hybridized carbons (Fsp3) is 0.231. The van der Waals surface area contributed by atoms with Crippen molar-refractivity contribution in [1.82, 2.24) is 0 Å². The van der Waals surface area contributed by atoms with Crippen molar-refractivity contribution in [3.8, 4) is 5.75 Å². The Morgan fingerprint density at radius 3 is 2.16 bits per heavy atom. The van der Waals surface area contributed by atoms with Crippen LogP contribution in [0.3, 0.4) is 0 Å². The summed E-state index contributed by atoms with van der Waals surface area (Å²) in [5, 5.41) is 5.93. The van der Waals surface area contributed by atoms with Crippen molar-refractivity contribution in [1.29, 1.82) is 0 Å². The van der Waals surface area contributed by atoms with Gasteiger partial charge >= 0.3 is 0 Å². The topological polar surface area (TPSA) is 70.7 Å². The first kappa shape index (κ1) is 22.9. The number of hydrogen-bond donors (Lipinski definition) is 2. The highest BCUT2D eigenvalue weighted by atomic mass is 16.5. The van der Waals surface area contributed by atoms with Gasteiger partial charge in [0.2, 0.25) is 5.91 Å². The first-order valence-corrected chi connectivity index (χ1v) is 10.7. The Balaban J connectivity index is 1.50.